The van der Waals surface area contributed by atoms with Gasteiger partial charge in [0, 0.05) is 19.5 Å². The van der Waals surface area contributed by atoms with E-state index in [4.69, 9.17) is 13.3 Å². The molecule has 0 aliphatic heterocycles. The van der Waals surface area contributed by atoms with Crippen molar-refractivity contribution in [3.63, 3.8) is 0 Å². The Labute approximate surface area is 80.0 Å². The van der Waals surface area contributed by atoms with Crippen molar-refractivity contribution in [3.8, 4) is 0 Å². The fourth-order valence-corrected chi connectivity index (χ4v) is 0. The van der Waals surface area contributed by atoms with Crippen LogP contribution in [0.3, 0.4) is 0 Å². The summed E-state index contributed by atoms with van der Waals surface area (Å²) < 4.78 is 22.8. The van der Waals surface area contributed by atoms with E-state index >= 15 is 0 Å². The standard InChI is InChI=1S/Na.H2O3S.H2O.Zn.H/c;1-4(2)3;;;/h;(H2,1,2,3);1H2;;/q+1;;;;-1. The van der Waals surface area contributed by atoms with Gasteiger partial charge >= 0.3 is 29.6 Å². The number of hydrogen-bond acceptors (Lipinski definition) is 1. The Kier molecular flexibility index (Phi) is 52.3. The SMILES string of the molecule is O.O=S(O)O.[H-].[Na+].[Zn]. The molecule has 0 heterocycles. The monoisotopic (exact) mass is 188 g/mol. The Hall–Kier alpha value is 1.65. The fraction of sp³-hybridized carbons (Fsp3) is 0. The van der Waals surface area contributed by atoms with Gasteiger partial charge in [-0.05, 0) is 0 Å². The maximum atomic E-state index is 8.67. The summed E-state index contributed by atoms with van der Waals surface area (Å²) in [5.74, 6) is 0. The Morgan fingerprint density at radius 1 is 1.43 bits per heavy atom. The summed E-state index contributed by atoms with van der Waals surface area (Å²) in [6, 6.07) is 0. The average molecular weight is 189 g/mol. The van der Waals surface area contributed by atoms with Crippen molar-refractivity contribution in [1.82, 2.24) is 0 Å². The van der Waals surface area contributed by atoms with Gasteiger partial charge in [0.15, 0.2) is 0 Å². The van der Waals surface area contributed by atoms with Crippen LogP contribution in [-0.4, -0.2) is 18.8 Å². The first-order valence-corrected chi connectivity index (χ1v) is 1.60. The number of rotatable bonds is 0. The molecular weight excluding hydrogens is 184 g/mol. The summed E-state index contributed by atoms with van der Waals surface area (Å²) in [6.07, 6.45) is 0. The average Bonchev–Trinajstić information content (AvgIpc) is 0.811. The van der Waals surface area contributed by atoms with Gasteiger partial charge < -0.3 is 6.90 Å². The first kappa shape index (κ1) is 23.4. The molecule has 0 aromatic heterocycles. The molecule has 7 heteroatoms. The van der Waals surface area contributed by atoms with E-state index in [1.807, 2.05) is 0 Å². The molecule has 0 saturated carbocycles. The van der Waals surface area contributed by atoms with E-state index < -0.39 is 11.4 Å². The third-order valence-electron chi connectivity index (χ3n) is 0. The first-order chi connectivity index (χ1) is 1.73. The molecule has 0 aliphatic carbocycles. The molecule has 0 unspecified atom stereocenters. The predicted molar refractivity (Wildman–Crippen MR) is 18.1 cm³/mol. The fourth-order valence-electron chi connectivity index (χ4n) is 0. The zero-order valence-corrected chi connectivity index (χ0v) is 9.70. The molecule has 0 saturated heterocycles. The normalized spacial score (nSPS) is 5.00. The molecule has 0 aromatic rings. The Morgan fingerprint density at radius 2 is 1.43 bits per heavy atom. The van der Waals surface area contributed by atoms with Gasteiger partial charge in [-0.15, -0.1) is 0 Å². The summed E-state index contributed by atoms with van der Waals surface area (Å²) in [5.41, 5.74) is 0. The third kappa shape index (κ3) is 89.5. The molecule has 0 bridgehead atoms. The van der Waals surface area contributed by atoms with Crippen molar-refractivity contribution in [3.05, 3.63) is 0 Å². The van der Waals surface area contributed by atoms with E-state index in [0.29, 0.717) is 0 Å². The Morgan fingerprint density at radius 3 is 1.43 bits per heavy atom. The van der Waals surface area contributed by atoms with Crippen LogP contribution in [0.5, 0.6) is 0 Å². The van der Waals surface area contributed by atoms with Crippen LogP contribution in [0.1, 0.15) is 1.43 Å². The van der Waals surface area contributed by atoms with Crippen LogP contribution >= 0.6 is 0 Å². The Bertz CT molecular complexity index is 39.0. The van der Waals surface area contributed by atoms with Crippen LogP contribution in [-0.2, 0) is 30.8 Å². The van der Waals surface area contributed by atoms with Crippen LogP contribution in [0.25, 0.3) is 0 Å². The van der Waals surface area contributed by atoms with Crippen LogP contribution in [0.2, 0.25) is 0 Å². The minimum Gasteiger partial charge on any atom is -1.00 e. The van der Waals surface area contributed by atoms with Crippen LogP contribution in [0, 0.1) is 0 Å². The van der Waals surface area contributed by atoms with E-state index in [0.717, 1.165) is 0 Å². The second-order valence-electron chi connectivity index (χ2n) is 0.231. The minimum atomic E-state index is -2.61. The van der Waals surface area contributed by atoms with Crippen molar-refractivity contribution >= 4 is 11.4 Å². The largest absolute Gasteiger partial charge is 1.00 e. The molecule has 38 valence electrons. The van der Waals surface area contributed by atoms with Gasteiger partial charge in [-0.3, -0.25) is 9.11 Å². The van der Waals surface area contributed by atoms with Gasteiger partial charge in [-0.1, -0.05) is 0 Å². The molecule has 0 amide bonds. The van der Waals surface area contributed by atoms with Gasteiger partial charge in [0.1, 0.15) is 0 Å². The first-order valence-electron chi connectivity index (χ1n) is 0.532. The summed E-state index contributed by atoms with van der Waals surface area (Å²) in [6.45, 7) is 0. The molecule has 0 atom stereocenters. The van der Waals surface area contributed by atoms with Gasteiger partial charge in [-0.25, -0.2) is 0 Å². The van der Waals surface area contributed by atoms with Crippen molar-refractivity contribution in [1.29, 1.82) is 0 Å². The summed E-state index contributed by atoms with van der Waals surface area (Å²) in [7, 11) is 0. The predicted octanol–water partition coefficient (Wildman–Crippen LogP) is -4.03. The molecular formula is H5NaO4SZn. The van der Waals surface area contributed by atoms with Crippen molar-refractivity contribution in [2.45, 2.75) is 0 Å². The van der Waals surface area contributed by atoms with E-state index in [2.05, 4.69) is 0 Å². The maximum Gasteiger partial charge on any atom is 1.00 e. The topological polar surface area (TPSA) is 89.0 Å². The van der Waals surface area contributed by atoms with E-state index in [1.165, 1.54) is 0 Å². The van der Waals surface area contributed by atoms with Crippen molar-refractivity contribution in [2.24, 2.45) is 0 Å². The molecule has 4 nitrogen and oxygen atoms in total. The zero-order chi connectivity index (χ0) is 3.58. The van der Waals surface area contributed by atoms with E-state index in [9.17, 15) is 0 Å². The summed E-state index contributed by atoms with van der Waals surface area (Å²) in [5, 5.41) is 0. The molecule has 0 fully saturated rings. The summed E-state index contributed by atoms with van der Waals surface area (Å²) in [4.78, 5) is 0. The smallest absolute Gasteiger partial charge is 1.00 e. The molecule has 0 radical (unpaired) electrons. The van der Waals surface area contributed by atoms with Gasteiger partial charge in [-0.2, -0.15) is 4.21 Å². The minimum absolute atomic E-state index is 0. The maximum absolute atomic E-state index is 8.67. The quantitative estimate of drug-likeness (QED) is 0.300. The van der Waals surface area contributed by atoms with Crippen LogP contribution in [0.4, 0.5) is 0 Å². The molecule has 4 N–H and O–H groups in total. The van der Waals surface area contributed by atoms with E-state index in [1.54, 1.807) is 0 Å². The van der Waals surface area contributed by atoms with Gasteiger partial charge in [0.05, 0.1) is 0 Å². The zero-order valence-electron chi connectivity index (χ0n) is 4.92. The summed E-state index contributed by atoms with van der Waals surface area (Å²) >= 11 is -2.61. The van der Waals surface area contributed by atoms with Gasteiger partial charge in [0.25, 0.3) is 11.4 Å². The van der Waals surface area contributed by atoms with Crippen LogP contribution in [0.15, 0.2) is 0 Å². The van der Waals surface area contributed by atoms with Crippen LogP contribution < -0.4 is 29.6 Å². The second kappa shape index (κ2) is 15.6. The van der Waals surface area contributed by atoms with Crippen molar-refractivity contribution in [2.75, 3.05) is 0 Å². The molecule has 0 rings (SSSR count). The van der Waals surface area contributed by atoms with Crippen molar-refractivity contribution < 1.29 is 69.3 Å². The molecule has 0 spiro atoms. The second-order valence-corrected chi connectivity index (χ2v) is 0.692. The third-order valence-corrected chi connectivity index (χ3v) is 0. The molecule has 7 heavy (non-hydrogen) atoms. The molecule has 0 aromatic carbocycles. The van der Waals surface area contributed by atoms with E-state index in [-0.39, 0.29) is 55.9 Å². The Balaban J connectivity index is -0.00000000750. The molecule has 0 aliphatic rings. The number of hydrogen-bond donors (Lipinski definition) is 2. The van der Waals surface area contributed by atoms with Gasteiger partial charge in [0.2, 0.25) is 0 Å².